The van der Waals surface area contributed by atoms with Gasteiger partial charge in [-0.25, -0.2) is 4.98 Å². The molecule has 0 saturated carbocycles. The lowest BCUT2D eigenvalue weighted by molar-refractivity contribution is 0.111. The van der Waals surface area contributed by atoms with Gasteiger partial charge < -0.3 is 5.32 Å². The van der Waals surface area contributed by atoms with Gasteiger partial charge >= 0.3 is 0 Å². The lowest BCUT2D eigenvalue weighted by Gasteiger charge is -2.05. The maximum Gasteiger partial charge on any atom is 0.195 e. The van der Waals surface area contributed by atoms with Crippen molar-refractivity contribution in [2.24, 2.45) is 0 Å². The van der Waals surface area contributed by atoms with Gasteiger partial charge in [0.05, 0.1) is 5.69 Å². The SMILES string of the molecule is O=Cc1c(-c2ccccc2)nc2scc(-c3ccc4c(c3)CCN4)n12. The molecule has 0 radical (unpaired) electrons. The third-order valence-corrected chi connectivity index (χ3v) is 5.49. The standard InChI is InChI=1S/C20H15N3OS/c24-11-17-19(13-4-2-1-3-5-13)22-20-23(17)18(12-25-20)15-6-7-16-14(10-15)8-9-21-16/h1-7,10-12,21H,8-9H2. The van der Waals surface area contributed by atoms with Gasteiger partial charge in [0, 0.05) is 23.2 Å². The number of carbonyl (C=O) groups excluding carboxylic acids is 1. The molecule has 0 bridgehead atoms. The van der Waals surface area contributed by atoms with E-state index in [1.807, 2.05) is 34.7 Å². The largest absolute Gasteiger partial charge is 0.384 e. The van der Waals surface area contributed by atoms with Crippen molar-refractivity contribution in [1.82, 2.24) is 9.38 Å². The summed E-state index contributed by atoms with van der Waals surface area (Å²) < 4.78 is 1.98. The minimum Gasteiger partial charge on any atom is -0.384 e. The number of nitrogens with one attached hydrogen (secondary N) is 1. The van der Waals surface area contributed by atoms with Gasteiger partial charge in [-0.2, -0.15) is 0 Å². The molecule has 4 aromatic rings. The molecule has 0 spiro atoms. The Morgan fingerprint density at radius 3 is 2.84 bits per heavy atom. The molecular formula is C20H15N3OS. The summed E-state index contributed by atoms with van der Waals surface area (Å²) in [4.78, 5) is 17.4. The van der Waals surface area contributed by atoms with Gasteiger partial charge in [-0.05, 0) is 29.7 Å². The second kappa shape index (κ2) is 5.57. The molecule has 4 nitrogen and oxygen atoms in total. The normalized spacial score (nSPS) is 13.0. The molecule has 0 amide bonds. The Balaban J connectivity index is 1.73. The molecule has 1 aliphatic heterocycles. The van der Waals surface area contributed by atoms with Gasteiger partial charge in [0.15, 0.2) is 11.2 Å². The number of anilines is 1. The smallest absolute Gasteiger partial charge is 0.195 e. The molecule has 2 aromatic heterocycles. The molecule has 0 fully saturated rings. The Morgan fingerprint density at radius 2 is 2.00 bits per heavy atom. The van der Waals surface area contributed by atoms with Crippen molar-refractivity contribution >= 4 is 28.3 Å². The molecule has 0 aliphatic carbocycles. The number of rotatable bonds is 3. The molecule has 122 valence electrons. The van der Waals surface area contributed by atoms with Crippen LogP contribution in [0.4, 0.5) is 5.69 Å². The Kier molecular flexibility index (Phi) is 3.21. The Morgan fingerprint density at radius 1 is 1.12 bits per heavy atom. The van der Waals surface area contributed by atoms with Crippen LogP contribution in [0.5, 0.6) is 0 Å². The number of carbonyl (C=O) groups is 1. The Bertz CT molecular complexity index is 1100. The average Bonchev–Trinajstić information content (AvgIpc) is 3.36. The van der Waals surface area contributed by atoms with Gasteiger partial charge in [0.2, 0.25) is 0 Å². The summed E-state index contributed by atoms with van der Waals surface area (Å²) in [5.41, 5.74) is 6.99. The number of thiazole rings is 1. The van der Waals surface area contributed by atoms with Crippen LogP contribution in [0.2, 0.25) is 0 Å². The zero-order valence-corrected chi connectivity index (χ0v) is 14.2. The summed E-state index contributed by atoms with van der Waals surface area (Å²) >= 11 is 1.56. The maximum atomic E-state index is 11.9. The number of benzene rings is 2. The molecule has 3 heterocycles. The number of fused-ring (bicyclic) bond motifs is 2. The van der Waals surface area contributed by atoms with Crippen molar-refractivity contribution in [1.29, 1.82) is 0 Å². The molecule has 25 heavy (non-hydrogen) atoms. The third-order valence-electron chi connectivity index (χ3n) is 4.67. The molecule has 1 N–H and O–H groups in total. The number of hydrogen-bond donors (Lipinski definition) is 1. The predicted molar refractivity (Wildman–Crippen MR) is 102 cm³/mol. The van der Waals surface area contributed by atoms with Crippen LogP contribution in [0.15, 0.2) is 53.9 Å². The fourth-order valence-corrected chi connectivity index (χ4v) is 4.37. The van der Waals surface area contributed by atoms with Crippen LogP contribution in [0, 0.1) is 0 Å². The second-order valence-electron chi connectivity index (χ2n) is 6.12. The van der Waals surface area contributed by atoms with E-state index in [1.165, 1.54) is 11.3 Å². The molecular weight excluding hydrogens is 330 g/mol. The van der Waals surface area contributed by atoms with Gasteiger partial charge in [-0.15, -0.1) is 11.3 Å². The Labute approximate surface area is 148 Å². The molecule has 1 aliphatic rings. The lowest BCUT2D eigenvalue weighted by atomic mass is 10.1. The first kappa shape index (κ1) is 14.4. The fraction of sp³-hybridized carbons (Fsp3) is 0.100. The van der Waals surface area contributed by atoms with E-state index in [9.17, 15) is 4.79 Å². The molecule has 5 rings (SSSR count). The van der Waals surface area contributed by atoms with Crippen molar-refractivity contribution in [3.63, 3.8) is 0 Å². The van der Waals surface area contributed by atoms with E-state index in [4.69, 9.17) is 4.98 Å². The minimum absolute atomic E-state index is 0.607. The van der Waals surface area contributed by atoms with Gasteiger partial charge in [0.1, 0.15) is 11.4 Å². The quantitative estimate of drug-likeness (QED) is 0.556. The molecule has 5 heteroatoms. The monoisotopic (exact) mass is 345 g/mol. The van der Waals surface area contributed by atoms with E-state index in [2.05, 4.69) is 28.9 Å². The Hall–Kier alpha value is -2.92. The first-order chi connectivity index (χ1) is 12.3. The zero-order chi connectivity index (χ0) is 16.8. The molecule has 0 atom stereocenters. The van der Waals surface area contributed by atoms with E-state index in [1.54, 1.807) is 11.3 Å². The highest BCUT2D eigenvalue weighted by Gasteiger charge is 2.19. The summed E-state index contributed by atoms with van der Waals surface area (Å²) in [6.45, 7) is 0.987. The van der Waals surface area contributed by atoms with Crippen molar-refractivity contribution in [2.75, 3.05) is 11.9 Å². The molecule has 2 aromatic carbocycles. The summed E-state index contributed by atoms with van der Waals surface area (Å²) in [5, 5.41) is 5.46. The van der Waals surface area contributed by atoms with Crippen LogP contribution in [0.3, 0.4) is 0 Å². The van der Waals surface area contributed by atoms with Crippen LogP contribution in [0.25, 0.3) is 27.5 Å². The van der Waals surface area contributed by atoms with E-state index < -0.39 is 0 Å². The van der Waals surface area contributed by atoms with E-state index in [-0.39, 0.29) is 0 Å². The molecule has 0 saturated heterocycles. The number of aldehydes is 1. The number of aromatic nitrogens is 2. The number of nitrogens with zero attached hydrogens (tertiary/aromatic N) is 2. The lowest BCUT2D eigenvalue weighted by Crippen LogP contribution is -1.94. The second-order valence-corrected chi connectivity index (χ2v) is 6.95. The highest BCUT2D eigenvalue weighted by molar-refractivity contribution is 7.15. The van der Waals surface area contributed by atoms with Crippen molar-refractivity contribution in [3.05, 3.63) is 65.2 Å². The van der Waals surface area contributed by atoms with Gasteiger partial charge in [-0.3, -0.25) is 9.20 Å². The topological polar surface area (TPSA) is 46.4 Å². The van der Waals surface area contributed by atoms with Crippen molar-refractivity contribution in [3.8, 4) is 22.5 Å². The van der Waals surface area contributed by atoms with Crippen LogP contribution >= 0.6 is 11.3 Å². The highest BCUT2D eigenvalue weighted by Crippen LogP contribution is 2.34. The highest BCUT2D eigenvalue weighted by atomic mass is 32.1. The third kappa shape index (κ3) is 2.20. The van der Waals surface area contributed by atoms with Crippen LogP contribution in [-0.2, 0) is 6.42 Å². The maximum absolute atomic E-state index is 11.9. The summed E-state index contributed by atoms with van der Waals surface area (Å²) in [7, 11) is 0. The molecule has 0 unspecified atom stereocenters. The average molecular weight is 345 g/mol. The summed E-state index contributed by atoms with van der Waals surface area (Å²) in [6.07, 6.45) is 1.95. The number of hydrogen-bond acceptors (Lipinski definition) is 4. The van der Waals surface area contributed by atoms with E-state index >= 15 is 0 Å². The van der Waals surface area contributed by atoms with Crippen LogP contribution in [-0.4, -0.2) is 22.2 Å². The summed E-state index contributed by atoms with van der Waals surface area (Å²) in [6, 6.07) is 16.3. The van der Waals surface area contributed by atoms with Crippen molar-refractivity contribution < 1.29 is 4.79 Å². The van der Waals surface area contributed by atoms with E-state index in [0.717, 1.165) is 46.7 Å². The van der Waals surface area contributed by atoms with Gasteiger partial charge in [0.25, 0.3) is 0 Å². The fourth-order valence-electron chi connectivity index (χ4n) is 3.46. The first-order valence-electron chi connectivity index (χ1n) is 8.23. The van der Waals surface area contributed by atoms with E-state index in [0.29, 0.717) is 5.69 Å². The van der Waals surface area contributed by atoms with Crippen LogP contribution in [0.1, 0.15) is 16.1 Å². The van der Waals surface area contributed by atoms with Gasteiger partial charge in [-0.1, -0.05) is 36.4 Å². The zero-order valence-electron chi connectivity index (χ0n) is 13.4. The minimum atomic E-state index is 0.607. The van der Waals surface area contributed by atoms with Crippen molar-refractivity contribution in [2.45, 2.75) is 6.42 Å². The predicted octanol–water partition coefficient (Wildman–Crippen LogP) is 4.51. The number of imidazole rings is 1. The first-order valence-corrected chi connectivity index (χ1v) is 9.11. The van der Waals surface area contributed by atoms with Crippen LogP contribution < -0.4 is 5.32 Å². The summed E-state index contributed by atoms with van der Waals surface area (Å²) in [5.74, 6) is 0.